The van der Waals surface area contributed by atoms with Crippen LogP contribution in [0.5, 0.6) is 11.5 Å². The van der Waals surface area contributed by atoms with E-state index in [0.717, 1.165) is 0 Å². The molecule has 7 heteroatoms. The number of carbonyl (C=O) groups is 1. The average Bonchev–Trinajstić information content (AvgIpc) is 2.71. The number of nitrogens with zero attached hydrogens (tertiary/aromatic N) is 1. The molecule has 3 aromatic rings. The zero-order valence-corrected chi connectivity index (χ0v) is 17.7. The van der Waals surface area contributed by atoms with E-state index in [0.29, 0.717) is 40.1 Å². The lowest BCUT2D eigenvalue weighted by molar-refractivity contribution is 0.102. The lowest BCUT2D eigenvalue weighted by atomic mass is 10.0. The van der Waals surface area contributed by atoms with Crippen LogP contribution in [0.1, 0.15) is 29.8 Å². The molecule has 2 aromatic carbocycles. The summed E-state index contributed by atoms with van der Waals surface area (Å²) in [4.78, 5) is 26.1. The standard InChI is InChI=1S/C23H25FN2O4/c1-13(2)11-26-12-18(22(27)25-15-7-6-14(3)19(24)8-15)16-9-20(29-4)21(30-5)10-17(16)23(26)28/h6-10,12-13H,11H2,1-5H3,(H,25,27). The summed E-state index contributed by atoms with van der Waals surface area (Å²) in [5.41, 5.74) is 0.879. The summed E-state index contributed by atoms with van der Waals surface area (Å²) in [6.07, 6.45) is 1.54. The third-order valence-corrected chi connectivity index (χ3v) is 4.83. The van der Waals surface area contributed by atoms with E-state index in [4.69, 9.17) is 9.47 Å². The Morgan fingerprint density at radius 1 is 1.10 bits per heavy atom. The molecule has 30 heavy (non-hydrogen) atoms. The molecule has 0 saturated heterocycles. The van der Waals surface area contributed by atoms with Crippen molar-refractivity contribution in [2.24, 2.45) is 5.92 Å². The Bertz CT molecular complexity index is 1170. The van der Waals surface area contributed by atoms with Gasteiger partial charge in [-0.25, -0.2) is 4.39 Å². The number of aryl methyl sites for hydroxylation is 1. The Kier molecular flexibility index (Phi) is 6.10. The monoisotopic (exact) mass is 412 g/mol. The fraction of sp³-hybridized carbons (Fsp3) is 0.304. The summed E-state index contributed by atoms with van der Waals surface area (Å²) in [6, 6.07) is 7.68. The largest absolute Gasteiger partial charge is 0.493 e. The number of halogens is 1. The fourth-order valence-electron chi connectivity index (χ4n) is 3.30. The van der Waals surface area contributed by atoms with Gasteiger partial charge in [-0.2, -0.15) is 0 Å². The van der Waals surface area contributed by atoms with Crippen molar-refractivity contribution in [1.82, 2.24) is 4.57 Å². The number of pyridine rings is 1. The van der Waals surface area contributed by atoms with E-state index in [2.05, 4.69) is 5.32 Å². The zero-order valence-electron chi connectivity index (χ0n) is 17.7. The van der Waals surface area contributed by atoms with Crippen molar-refractivity contribution in [2.75, 3.05) is 19.5 Å². The van der Waals surface area contributed by atoms with Crippen molar-refractivity contribution < 1.29 is 18.7 Å². The number of nitrogens with one attached hydrogen (secondary N) is 1. The minimum atomic E-state index is -0.451. The van der Waals surface area contributed by atoms with Crippen LogP contribution in [-0.4, -0.2) is 24.7 Å². The Labute approximate surface area is 174 Å². The number of hydrogen-bond acceptors (Lipinski definition) is 4. The van der Waals surface area contributed by atoms with Crippen LogP contribution in [0, 0.1) is 18.7 Å². The fourth-order valence-corrected chi connectivity index (χ4v) is 3.30. The number of ether oxygens (including phenoxy) is 2. The third-order valence-electron chi connectivity index (χ3n) is 4.83. The molecule has 0 aliphatic carbocycles. The van der Waals surface area contributed by atoms with Gasteiger partial charge in [0.25, 0.3) is 11.5 Å². The highest BCUT2D eigenvalue weighted by molar-refractivity contribution is 6.13. The summed E-state index contributed by atoms with van der Waals surface area (Å²) in [5, 5.41) is 3.49. The van der Waals surface area contributed by atoms with Gasteiger partial charge in [-0.05, 0) is 42.7 Å². The molecule has 1 amide bonds. The second-order valence-corrected chi connectivity index (χ2v) is 7.56. The molecule has 0 bridgehead atoms. The molecule has 3 rings (SSSR count). The van der Waals surface area contributed by atoms with Crippen molar-refractivity contribution >= 4 is 22.4 Å². The Balaban J connectivity index is 2.19. The van der Waals surface area contributed by atoms with E-state index in [1.54, 1.807) is 31.2 Å². The Morgan fingerprint density at radius 2 is 1.73 bits per heavy atom. The van der Waals surface area contributed by atoms with Gasteiger partial charge in [0.15, 0.2) is 11.5 Å². The molecule has 0 aliphatic heterocycles. The van der Waals surface area contributed by atoms with Gasteiger partial charge in [-0.1, -0.05) is 19.9 Å². The van der Waals surface area contributed by atoms with E-state index >= 15 is 0 Å². The molecule has 0 saturated carbocycles. The SMILES string of the molecule is COc1cc2c(C(=O)Nc3ccc(C)c(F)c3)cn(CC(C)C)c(=O)c2cc1OC. The number of methoxy groups -OCH3 is 2. The second kappa shape index (κ2) is 8.57. The van der Waals surface area contributed by atoms with Gasteiger partial charge in [0.2, 0.25) is 0 Å². The highest BCUT2D eigenvalue weighted by atomic mass is 19.1. The van der Waals surface area contributed by atoms with Gasteiger partial charge >= 0.3 is 0 Å². The number of amides is 1. The first-order chi connectivity index (χ1) is 14.2. The maximum Gasteiger partial charge on any atom is 0.258 e. The summed E-state index contributed by atoms with van der Waals surface area (Å²) in [6.45, 7) is 6.07. The third kappa shape index (κ3) is 4.15. The van der Waals surface area contributed by atoms with Crippen LogP contribution in [0.25, 0.3) is 10.8 Å². The number of rotatable bonds is 6. The van der Waals surface area contributed by atoms with Crippen molar-refractivity contribution in [3.8, 4) is 11.5 Å². The van der Waals surface area contributed by atoms with Crippen molar-refractivity contribution in [2.45, 2.75) is 27.3 Å². The van der Waals surface area contributed by atoms with Crippen LogP contribution in [0.2, 0.25) is 0 Å². The van der Waals surface area contributed by atoms with Crippen LogP contribution in [-0.2, 0) is 6.54 Å². The predicted octanol–water partition coefficient (Wildman–Crippen LogP) is 4.37. The quantitative estimate of drug-likeness (QED) is 0.653. The van der Waals surface area contributed by atoms with E-state index in [9.17, 15) is 14.0 Å². The van der Waals surface area contributed by atoms with Gasteiger partial charge in [0.05, 0.1) is 25.2 Å². The Hall–Kier alpha value is -3.35. The summed E-state index contributed by atoms with van der Waals surface area (Å²) >= 11 is 0. The summed E-state index contributed by atoms with van der Waals surface area (Å²) < 4.78 is 26.1. The molecule has 0 aliphatic rings. The van der Waals surface area contributed by atoms with Crippen LogP contribution in [0.4, 0.5) is 10.1 Å². The van der Waals surface area contributed by atoms with E-state index in [1.165, 1.54) is 31.0 Å². The van der Waals surface area contributed by atoms with Gasteiger partial charge in [0.1, 0.15) is 5.82 Å². The molecule has 6 nitrogen and oxygen atoms in total. The van der Waals surface area contributed by atoms with Crippen molar-refractivity contribution in [3.05, 3.63) is 63.8 Å². The number of hydrogen-bond donors (Lipinski definition) is 1. The predicted molar refractivity (Wildman–Crippen MR) is 115 cm³/mol. The lowest BCUT2D eigenvalue weighted by Gasteiger charge is -2.16. The summed E-state index contributed by atoms with van der Waals surface area (Å²) in [7, 11) is 2.97. The van der Waals surface area contributed by atoms with Crippen LogP contribution >= 0.6 is 0 Å². The minimum Gasteiger partial charge on any atom is -0.493 e. The van der Waals surface area contributed by atoms with Gasteiger partial charge < -0.3 is 19.4 Å². The van der Waals surface area contributed by atoms with Gasteiger partial charge in [0, 0.05) is 23.8 Å². The van der Waals surface area contributed by atoms with Crippen LogP contribution < -0.4 is 20.3 Å². The molecule has 0 radical (unpaired) electrons. The smallest absolute Gasteiger partial charge is 0.258 e. The Morgan fingerprint density at radius 3 is 2.30 bits per heavy atom. The van der Waals surface area contributed by atoms with Crippen molar-refractivity contribution in [1.29, 1.82) is 0 Å². The molecular weight excluding hydrogens is 387 g/mol. The second-order valence-electron chi connectivity index (χ2n) is 7.56. The van der Waals surface area contributed by atoms with E-state index in [-0.39, 0.29) is 17.0 Å². The molecule has 0 spiro atoms. The van der Waals surface area contributed by atoms with E-state index in [1.807, 2.05) is 13.8 Å². The van der Waals surface area contributed by atoms with Gasteiger partial charge in [-0.15, -0.1) is 0 Å². The number of aromatic nitrogens is 1. The first-order valence-electron chi connectivity index (χ1n) is 9.61. The first-order valence-corrected chi connectivity index (χ1v) is 9.61. The molecule has 1 N–H and O–H groups in total. The summed E-state index contributed by atoms with van der Waals surface area (Å²) in [5.74, 6) is 0.141. The van der Waals surface area contributed by atoms with Gasteiger partial charge in [-0.3, -0.25) is 9.59 Å². The zero-order chi connectivity index (χ0) is 22.0. The number of anilines is 1. The number of benzene rings is 2. The topological polar surface area (TPSA) is 69.6 Å². The average molecular weight is 412 g/mol. The molecule has 0 atom stereocenters. The molecule has 0 unspecified atom stereocenters. The van der Waals surface area contributed by atoms with Crippen LogP contribution in [0.3, 0.4) is 0 Å². The normalized spacial score (nSPS) is 11.0. The molecule has 1 aromatic heterocycles. The highest BCUT2D eigenvalue weighted by Crippen LogP contribution is 2.32. The maximum atomic E-state index is 13.9. The highest BCUT2D eigenvalue weighted by Gasteiger charge is 2.19. The maximum absolute atomic E-state index is 13.9. The minimum absolute atomic E-state index is 0.197. The molecule has 1 heterocycles. The first kappa shape index (κ1) is 21.4. The van der Waals surface area contributed by atoms with E-state index < -0.39 is 11.7 Å². The number of carbonyl (C=O) groups excluding carboxylic acids is 1. The molecule has 158 valence electrons. The number of fused-ring (bicyclic) bond motifs is 1. The molecular formula is C23H25FN2O4. The molecule has 0 fully saturated rings. The van der Waals surface area contributed by atoms with Crippen LogP contribution in [0.15, 0.2) is 41.3 Å². The van der Waals surface area contributed by atoms with Crippen molar-refractivity contribution in [3.63, 3.8) is 0 Å². The lowest BCUT2D eigenvalue weighted by Crippen LogP contribution is -2.25.